The van der Waals surface area contributed by atoms with Gasteiger partial charge in [0.2, 0.25) is 0 Å². The van der Waals surface area contributed by atoms with E-state index in [-0.39, 0.29) is 0 Å². The maximum Gasteiger partial charge on any atom is 0.0321 e. The Morgan fingerprint density at radius 2 is 2.07 bits per heavy atom. The third kappa shape index (κ3) is 2.72. The van der Waals surface area contributed by atoms with Gasteiger partial charge in [-0.15, -0.1) is 0 Å². The summed E-state index contributed by atoms with van der Waals surface area (Å²) in [6.45, 7) is 3.25. The topological polar surface area (TPSA) is 38.0 Å². The second kappa shape index (κ2) is 4.67. The van der Waals surface area contributed by atoms with Gasteiger partial charge < -0.3 is 11.1 Å². The molecule has 0 amide bonds. The highest BCUT2D eigenvalue weighted by Crippen LogP contribution is 2.25. The van der Waals surface area contributed by atoms with Crippen LogP contribution in [0, 0.1) is 6.92 Å². The van der Waals surface area contributed by atoms with E-state index in [0.29, 0.717) is 6.04 Å². The van der Waals surface area contributed by atoms with E-state index in [4.69, 9.17) is 5.73 Å². The smallest absolute Gasteiger partial charge is 0.0321 e. The third-order valence-electron chi connectivity index (χ3n) is 3.08. The normalized spacial score (nSPS) is 22.3. The Balaban J connectivity index is 2.19. The summed E-state index contributed by atoms with van der Waals surface area (Å²) in [5.41, 5.74) is 9.38. The van der Waals surface area contributed by atoms with Gasteiger partial charge in [0.05, 0.1) is 0 Å². The Labute approximate surface area is 91.9 Å². The standard InChI is InChI=1S/C13H20N2/c1-10-7-11(9-12(14)8-10)13-5-3-2-4-6-15-13/h7-9,13,15H,2-6,14H2,1H3. The zero-order valence-electron chi connectivity index (χ0n) is 9.42. The van der Waals surface area contributed by atoms with Crippen molar-refractivity contribution in [1.29, 1.82) is 0 Å². The summed E-state index contributed by atoms with van der Waals surface area (Å²) < 4.78 is 0. The first kappa shape index (κ1) is 10.5. The molecule has 1 aliphatic rings. The molecule has 0 aromatic heterocycles. The van der Waals surface area contributed by atoms with E-state index in [2.05, 4.69) is 24.4 Å². The molecular formula is C13H20N2. The number of anilines is 1. The van der Waals surface area contributed by atoms with Gasteiger partial charge in [-0.05, 0) is 49.6 Å². The first-order valence-electron chi connectivity index (χ1n) is 5.86. The van der Waals surface area contributed by atoms with Gasteiger partial charge in [-0.25, -0.2) is 0 Å². The molecule has 2 heteroatoms. The van der Waals surface area contributed by atoms with Crippen LogP contribution in [0.3, 0.4) is 0 Å². The molecular weight excluding hydrogens is 184 g/mol. The zero-order valence-corrected chi connectivity index (χ0v) is 9.42. The molecule has 0 radical (unpaired) electrons. The number of rotatable bonds is 1. The first-order chi connectivity index (χ1) is 7.25. The Kier molecular flexibility index (Phi) is 3.27. The molecule has 1 aromatic carbocycles. The minimum Gasteiger partial charge on any atom is -0.399 e. The Morgan fingerprint density at radius 1 is 1.20 bits per heavy atom. The lowest BCUT2D eigenvalue weighted by molar-refractivity contribution is 0.535. The van der Waals surface area contributed by atoms with E-state index < -0.39 is 0 Å². The highest BCUT2D eigenvalue weighted by atomic mass is 14.9. The van der Waals surface area contributed by atoms with E-state index in [1.165, 1.54) is 36.8 Å². The largest absolute Gasteiger partial charge is 0.399 e. The number of nitrogen functional groups attached to an aromatic ring is 1. The van der Waals surface area contributed by atoms with Crippen molar-refractivity contribution >= 4 is 5.69 Å². The summed E-state index contributed by atoms with van der Waals surface area (Å²) in [7, 11) is 0. The van der Waals surface area contributed by atoms with Crippen molar-refractivity contribution in [3.8, 4) is 0 Å². The molecule has 15 heavy (non-hydrogen) atoms. The maximum absolute atomic E-state index is 5.88. The molecule has 1 atom stereocenters. The van der Waals surface area contributed by atoms with Crippen LogP contribution in [0.5, 0.6) is 0 Å². The van der Waals surface area contributed by atoms with Crippen molar-refractivity contribution < 1.29 is 0 Å². The minimum absolute atomic E-state index is 0.509. The molecule has 3 N–H and O–H groups in total. The average Bonchev–Trinajstić information content (AvgIpc) is 2.43. The molecule has 0 aliphatic carbocycles. The predicted molar refractivity (Wildman–Crippen MR) is 64.8 cm³/mol. The minimum atomic E-state index is 0.509. The summed E-state index contributed by atoms with van der Waals surface area (Å²) in [5.74, 6) is 0. The lowest BCUT2D eigenvalue weighted by Crippen LogP contribution is -2.20. The molecule has 0 saturated carbocycles. The molecule has 0 bridgehead atoms. The number of aryl methyl sites for hydroxylation is 1. The van der Waals surface area contributed by atoms with Crippen molar-refractivity contribution in [1.82, 2.24) is 5.32 Å². The molecule has 1 heterocycles. The number of hydrogen-bond acceptors (Lipinski definition) is 2. The summed E-state index contributed by atoms with van der Waals surface area (Å²) in [6.07, 6.45) is 5.22. The number of benzene rings is 1. The molecule has 1 saturated heterocycles. The van der Waals surface area contributed by atoms with Crippen LogP contribution in [0.2, 0.25) is 0 Å². The monoisotopic (exact) mass is 204 g/mol. The van der Waals surface area contributed by atoms with Gasteiger partial charge in [0.1, 0.15) is 0 Å². The summed E-state index contributed by atoms with van der Waals surface area (Å²) in [6, 6.07) is 6.89. The molecule has 0 spiro atoms. The second-order valence-corrected chi connectivity index (χ2v) is 4.53. The van der Waals surface area contributed by atoms with Crippen LogP contribution in [0.4, 0.5) is 5.69 Å². The predicted octanol–water partition coefficient (Wildman–Crippen LogP) is 2.78. The van der Waals surface area contributed by atoms with Gasteiger partial charge in [-0.1, -0.05) is 18.9 Å². The quantitative estimate of drug-likeness (QED) is 0.690. The fraction of sp³-hybridized carbons (Fsp3) is 0.538. The van der Waals surface area contributed by atoms with Crippen LogP contribution in [0.15, 0.2) is 18.2 Å². The van der Waals surface area contributed by atoms with Gasteiger partial charge in [0, 0.05) is 11.7 Å². The van der Waals surface area contributed by atoms with Crippen LogP contribution in [0.25, 0.3) is 0 Å². The average molecular weight is 204 g/mol. The lowest BCUT2D eigenvalue weighted by atomic mass is 9.99. The Bertz CT molecular complexity index is 305. The van der Waals surface area contributed by atoms with Crippen molar-refractivity contribution in [3.63, 3.8) is 0 Å². The summed E-state index contributed by atoms with van der Waals surface area (Å²) >= 11 is 0. The summed E-state index contributed by atoms with van der Waals surface area (Å²) in [5, 5.41) is 3.60. The van der Waals surface area contributed by atoms with E-state index >= 15 is 0 Å². The number of nitrogens with two attached hydrogens (primary N) is 1. The SMILES string of the molecule is Cc1cc(N)cc(C2CCCCCN2)c1. The van der Waals surface area contributed by atoms with Gasteiger partial charge >= 0.3 is 0 Å². The van der Waals surface area contributed by atoms with Crippen molar-refractivity contribution in [2.24, 2.45) is 0 Å². The summed E-state index contributed by atoms with van der Waals surface area (Å²) in [4.78, 5) is 0. The first-order valence-corrected chi connectivity index (χ1v) is 5.86. The highest BCUT2D eigenvalue weighted by Gasteiger charge is 2.13. The van der Waals surface area contributed by atoms with Crippen LogP contribution < -0.4 is 11.1 Å². The second-order valence-electron chi connectivity index (χ2n) is 4.53. The van der Waals surface area contributed by atoms with Crippen molar-refractivity contribution in [3.05, 3.63) is 29.3 Å². The fourth-order valence-corrected chi connectivity index (χ4v) is 2.36. The van der Waals surface area contributed by atoms with E-state index in [1.54, 1.807) is 0 Å². The van der Waals surface area contributed by atoms with Crippen molar-refractivity contribution in [2.75, 3.05) is 12.3 Å². The maximum atomic E-state index is 5.88. The van der Waals surface area contributed by atoms with Gasteiger partial charge in [-0.2, -0.15) is 0 Å². The highest BCUT2D eigenvalue weighted by molar-refractivity contribution is 5.45. The molecule has 82 valence electrons. The number of nitrogens with one attached hydrogen (secondary N) is 1. The van der Waals surface area contributed by atoms with Gasteiger partial charge in [0.25, 0.3) is 0 Å². The van der Waals surface area contributed by atoms with Crippen LogP contribution in [-0.2, 0) is 0 Å². The van der Waals surface area contributed by atoms with Gasteiger partial charge in [0.15, 0.2) is 0 Å². The molecule has 1 unspecified atom stereocenters. The molecule has 1 aliphatic heterocycles. The van der Waals surface area contributed by atoms with Crippen molar-refractivity contribution in [2.45, 2.75) is 38.6 Å². The molecule has 1 fully saturated rings. The zero-order chi connectivity index (χ0) is 10.7. The van der Waals surface area contributed by atoms with Gasteiger partial charge in [-0.3, -0.25) is 0 Å². The van der Waals surface area contributed by atoms with Crippen LogP contribution >= 0.6 is 0 Å². The van der Waals surface area contributed by atoms with Crippen LogP contribution in [0.1, 0.15) is 42.9 Å². The van der Waals surface area contributed by atoms with E-state index in [9.17, 15) is 0 Å². The number of hydrogen-bond donors (Lipinski definition) is 2. The van der Waals surface area contributed by atoms with E-state index in [1.807, 2.05) is 6.07 Å². The molecule has 2 rings (SSSR count). The Morgan fingerprint density at radius 3 is 2.87 bits per heavy atom. The molecule has 2 nitrogen and oxygen atoms in total. The third-order valence-corrected chi connectivity index (χ3v) is 3.08. The Hall–Kier alpha value is -1.02. The van der Waals surface area contributed by atoms with E-state index in [0.717, 1.165) is 12.2 Å². The van der Waals surface area contributed by atoms with Crippen LogP contribution in [-0.4, -0.2) is 6.54 Å². The molecule has 1 aromatic rings. The lowest BCUT2D eigenvalue weighted by Gasteiger charge is -2.17. The fourth-order valence-electron chi connectivity index (χ4n) is 2.36.